The Morgan fingerprint density at radius 1 is 1.13 bits per heavy atom. The number of methoxy groups -OCH3 is 1. The molecular weight excluding hydrogens is 628 g/mol. The predicted molar refractivity (Wildman–Crippen MR) is 164 cm³/mol. The molecule has 4 aliphatic rings. The summed E-state index contributed by atoms with van der Waals surface area (Å²) in [5, 5.41) is 12.3. The van der Waals surface area contributed by atoms with Gasteiger partial charge in [-0.3, -0.25) is 14.0 Å². The summed E-state index contributed by atoms with van der Waals surface area (Å²) in [5.74, 6) is -1.16. The van der Waals surface area contributed by atoms with Crippen LogP contribution in [0.4, 0.5) is 36.3 Å². The van der Waals surface area contributed by atoms with Crippen LogP contribution in [0.2, 0.25) is 0 Å². The summed E-state index contributed by atoms with van der Waals surface area (Å²) >= 11 is 0. The van der Waals surface area contributed by atoms with Crippen molar-refractivity contribution >= 4 is 36.6 Å². The van der Waals surface area contributed by atoms with Crippen molar-refractivity contribution in [3.63, 3.8) is 0 Å². The summed E-state index contributed by atoms with van der Waals surface area (Å²) in [6.45, 7) is 4.05. The van der Waals surface area contributed by atoms with E-state index in [1.165, 1.54) is 20.2 Å². The van der Waals surface area contributed by atoms with Crippen molar-refractivity contribution in [2.75, 3.05) is 31.4 Å². The maximum absolute atomic E-state index is 14.1. The molecule has 17 heteroatoms. The number of amides is 1. The molecule has 0 spiro atoms. The van der Waals surface area contributed by atoms with Crippen LogP contribution in [0.1, 0.15) is 41.9 Å². The average Bonchev–Trinajstić information content (AvgIpc) is 3.47. The maximum Gasteiger partial charge on any atom is 0.421 e. The van der Waals surface area contributed by atoms with Gasteiger partial charge in [-0.05, 0) is 50.1 Å². The Morgan fingerprint density at radius 3 is 2.63 bits per heavy atom. The number of rotatable bonds is 4. The zero-order valence-electron chi connectivity index (χ0n) is 25.4. The first-order valence-electron chi connectivity index (χ1n) is 14.2. The molecule has 1 atom stereocenters. The number of nitrogens with zero attached hydrogens (tertiary/aromatic N) is 5. The summed E-state index contributed by atoms with van der Waals surface area (Å²) in [7, 11) is -0.814. The van der Waals surface area contributed by atoms with Crippen LogP contribution in [-0.4, -0.2) is 57.5 Å². The highest BCUT2D eigenvalue weighted by atomic mass is 31.2. The molecule has 1 amide bonds. The average molecular weight is 661 g/mol. The Bertz CT molecular complexity index is 1780. The monoisotopic (exact) mass is 660 g/mol. The number of carbonyl (C=O) groups is 1. The summed E-state index contributed by atoms with van der Waals surface area (Å²) in [4.78, 5) is 25.2. The molecule has 1 aromatic carbocycles. The van der Waals surface area contributed by atoms with E-state index in [1.807, 2.05) is 0 Å². The number of carbonyl (C=O) groups excluding carboxylic acids is 1. The smallest absolute Gasteiger partial charge is 0.421 e. The van der Waals surface area contributed by atoms with Gasteiger partial charge in [0, 0.05) is 31.5 Å². The van der Waals surface area contributed by atoms with Gasteiger partial charge < -0.3 is 29.7 Å². The van der Waals surface area contributed by atoms with Gasteiger partial charge in [0.15, 0.2) is 5.69 Å². The highest BCUT2D eigenvalue weighted by molar-refractivity contribution is 7.53. The molecular formula is C29H32F3N8O5P. The molecule has 0 fully saturated rings. The number of alkyl halides is 3. The normalized spacial score (nSPS) is 17.0. The molecule has 244 valence electrons. The summed E-state index contributed by atoms with van der Waals surface area (Å²) < 4.78 is 74.7. The van der Waals surface area contributed by atoms with Crippen LogP contribution >= 0.6 is 7.60 Å². The number of ether oxygens (including phenoxy) is 1. The number of aryl methyl sites for hydroxylation is 1. The van der Waals surface area contributed by atoms with E-state index in [0.717, 1.165) is 0 Å². The Kier molecular flexibility index (Phi) is 9.60. The molecule has 3 aromatic heterocycles. The van der Waals surface area contributed by atoms with Gasteiger partial charge in [-0.25, -0.2) is 9.97 Å². The first-order chi connectivity index (χ1) is 21.9. The third kappa shape index (κ3) is 7.63. The highest BCUT2D eigenvalue weighted by Gasteiger charge is 2.36. The Hall–Kier alpha value is -4.53. The van der Waals surface area contributed by atoms with Gasteiger partial charge >= 0.3 is 13.8 Å². The van der Waals surface area contributed by atoms with E-state index in [0.29, 0.717) is 41.7 Å². The molecule has 1 unspecified atom stereocenters. The second-order valence-electron chi connectivity index (χ2n) is 10.5. The SMILES string of the molecule is CNC(=O)c1nc2ccc1Nc1nc(ncc1C(F)(F)F)Nc1ccc(cc1OC)CP(=O)(OC(C)C)OCCCn1cc-2cn1. The van der Waals surface area contributed by atoms with Crippen LogP contribution in [0.5, 0.6) is 5.75 Å². The van der Waals surface area contributed by atoms with Crippen LogP contribution in [0.15, 0.2) is 48.9 Å². The quantitative estimate of drug-likeness (QED) is 0.216. The molecule has 3 N–H and O–H groups in total. The van der Waals surface area contributed by atoms with E-state index in [2.05, 4.69) is 36.0 Å². The molecule has 0 saturated carbocycles. The van der Waals surface area contributed by atoms with Crippen molar-refractivity contribution in [1.29, 1.82) is 0 Å². The lowest BCUT2D eigenvalue weighted by Crippen LogP contribution is -2.21. The van der Waals surface area contributed by atoms with Gasteiger partial charge in [-0.1, -0.05) is 6.07 Å². The predicted octanol–water partition coefficient (Wildman–Crippen LogP) is 6.15. The number of anilines is 4. The summed E-state index contributed by atoms with van der Waals surface area (Å²) in [5.41, 5.74) is 0.495. The second-order valence-corrected chi connectivity index (χ2v) is 12.5. The molecule has 4 aliphatic heterocycles. The Balaban J connectivity index is 1.62. The molecule has 8 rings (SSSR count). The fourth-order valence-corrected chi connectivity index (χ4v) is 6.57. The van der Waals surface area contributed by atoms with Crippen LogP contribution in [0, 0.1) is 0 Å². The zero-order valence-corrected chi connectivity index (χ0v) is 26.3. The van der Waals surface area contributed by atoms with Crippen molar-refractivity contribution < 1.29 is 36.3 Å². The van der Waals surface area contributed by atoms with E-state index >= 15 is 0 Å². The number of hydrogen-bond donors (Lipinski definition) is 3. The van der Waals surface area contributed by atoms with Crippen molar-refractivity contribution in [2.24, 2.45) is 0 Å². The number of halogens is 3. The molecule has 7 heterocycles. The highest BCUT2D eigenvalue weighted by Crippen LogP contribution is 2.53. The molecule has 13 nitrogen and oxygen atoms in total. The maximum atomic E-state index is 14.1. The summed E-state index contributed by atoms with van der Waals surface area (Å²) in [6.07, 6.45) is -0.910. The minimum Gasteiger partial charge on any atom is -0.495 e. The molecule has 0 saturated heterocycles. The Morgan fingerprint density at radius 2 is 1.91 bits per heavy atom. The lowest BCUT2D eigenvalue weighted by Gasteiger charge is -2.21. The minimum absolute atomic E-state index is 0.0140. The van der Waals surface area contributed by atoms with Gasteiger partial charge in [0.1, 0.15) is 17.1 Å². The third-order valence-corrected chi connectivity index (χ3v) is 8.76. The van der Waals surface area contributed by atoms with E-state index in [4.69, 9.17) is 13.8 Å². The molecule has 46 heavy (non-hydrogen) atoms. The lowest BCUT2D eigenvalue weighted by atomic mass is 10.1. The van der Waals surface area contributed by atoms with E-state index in [-0.39, 0.29) is 42.0 Å². The van der Waals surface area contributed by atoms with E-state index in [9.17, 15) is 22.5 Å². The van der Waals surface area contributed by atoms with Crippen LogP contribution < -0.4 is 20.7 Å². The van der Waals surface area contributed by atoms with Gasteiger partial charge in [0.2, 0.25) is 5.95 Å². The van der Waals surface area contributed by atoms with Crippen LogP contribution in [-0.2, 0) is 32.5 Å². The molecule has 4 aromatic rings. The first-order valence-corrected chi connectivity index (χ1v) is 15.9. The fourth-order valence-electron chi connectivity index (χ4n) is 4.65. The van der Waals surface area contributed by atoms with E-state index in [1.54, 1.807) is 55.2 Å². The van der Waals surface area contributed by atoms with Crippen molar-refractivity contribution in [1.82, 2.24) is 30.0 Å². The minimum atomic E-state index is -4.83. The number of nitrogens with one attached hydrogen (secondary N) is 3. The topological polar surface area (TPSA) is 154 Å². The Labute approximate surface area is 262 Å². The van der Waals surface area contributed by atoms with E-state index < -0.39 is 31.1 Å². The zero-order chi connectivity index (χ0) is 33.1. The largest absolute Gasteiger partial charge is 0.495 e. The summed E-state index contributed by atoms with van der Waals surface area (Å²) in [6, 6.07) is 7.85. The van der Waals surface area contributed by atoms with Gasteiger partial charge in [-0.15, -0.1) is 0 Å². The van der Waals surface area contributed by atoms with Crippen molar-refractivity contribution in [2.45, 2.75) is 45.3 Å². The number of aromatic nitrogens is 5. The van der Waals surface area contributed by atoms with Crippen molar-refractivity contribution in [3.8, 4) is 17.0 Å². The number of pyridine rings is 1. The van der Waals surface area contributed by atoms with Crippen LogP contribution in [0.3, 0.4) is 0 Å². The molecule has 8 bridgehead atoms. The van der Waals surface area contributed by atoms with Crippen molar-refractivity contribution in [3.05, 3.63) is 65.7 Å². The molecule has 0 aliphatic carbocycles. The number of benzene rings is 1. The lowest BCUT2D eigenvalue weighted by molar-refractivity contribution is -0.137. The van der Waals surface area contributed by atoms with Crippen LogP contribution in [0.25, 0.3) is 11.3 Å². The number of hydrogen-bond acceptors (Lipinski definition) is 11. The standard InChI is InChI=1S/C29H32F3N8O5P/c1-17(2)45-46(42)16-18-6-7-22(24(12-18)43-4)38-28-34-14-20(29(30,31)32)26(39-28)37-23-9-8-21(36-25(23)27(41)33-3)19-13-35-40(15-19)10-5-11-44-46/h6-9,12-15,17H,5,10-11,16H2,1-4H3,(H,33,41)(H2,34,37,38,39). The van der Waals surface area contributed by atoms with Gasteiger partial charge in [0.05, 0.1) is 49.2 Å². The van der Waals surface area contributed by atoms with Gasteiger partial charge in [0.25, 0.3) is 5.91 Å². The third-order valence-electron chi connectivity index (χ3n) is 6.69. The fraction of sp³-hybridized carbons (Fsp3) is 0.345. The second kappa shape index (κ2) is 13.4. The van der Waals surface area contributed by atoms with Gasteiger partial charge in [-0.2, -0.15) is 23.3 Å². The first kappa shape index (κ1) is 32.9. The molecule has 0 radical (unpaired) electrons.